The molecule has 0 radical (unpaired) electrons. The first-order valence-electron chi connectivity index (χ1n) is 4.20. The molecule has 1 N–H and O–H groups in total. The van der Waals surface area contributed by atoms with Crippen LogP contribution in [0.2, 0.25) is 0 Å². The highest BCUT2D eigenvalue weighted by Crippen LogP contribution is 1.97. The number of aliphatic hydroxyl groups is 1. The molecule has 0 saturated heterocycles. The first kappa shape index (κ1) is 13.2. The average Bonchev–Trinajstić information content (AvgIpc) is 2.11. The van der Waals surface area contributed by atoms with E-state index in [-0.39, 0.29) is 18.3 Å². The smallest absolute Gasteiger partial charge is 0.304 e. The second-order valence-electron chi connectivity index (χ2n) is 2.63. The normalized spacial score (nSPS) is 12.0. The molecule has 1 amide bonds. The number of ether oxygens (including phenoxy) is 1. The molecule has 0 bridgehead atoms. The number of halogens is 1. The van der Waals surface area contributed by atoms with Crippen LogP contribution < -0.4 is 0 Å². The molecule has 0 rings (SSSR count). The molecule has 0 aromatic heterocycles. The topological polar surface area (TPSA) is 66.8 Å². The minimum absolute atomic E-state index is 0.0539. The summed E-state index contributed by atoms with van der Waals surface area (Å²) < 4.78 is 4.46. The van der Waals surface area contributed by atoms with Crippen LogP contribution in [0.25, 0.3) is 0 Å². The fraction of sp³-hybridized carbons (Fsp3) is 0.750. The zero-order valence-electron chi connectivity index (χ0n) is 8.20. The van der Waals surface area contributed by atoms with Crippen LogP contribution in [0.4, 0.5) is 0 Å². The molecule has 6 heteroatoms. The van der Waals surface area contributed by atoms with E-state index in [2.05, 4.69) is 4.74 Å². The van der Waals surface area contributed by atoms with Crippen molar-refractivity contribution in [3.63, 3.8) is 0 Å². The van der Waals surface area contributed by atoms with Gasteiger partial charge in [-0.3, -0.25) is 9.59 Å². The molecule has 82 valence electrons. The highest BCUT2D eigenvalue weighted by molar-refractivity contribution is 6.27. The van der Waals surface area contributed by atoms with Crippen LogP contribution in [0.3, 0.4) is 0 Å². The summed E-state index contributed by atoms with van der Waals surface area (Å²) in [6, 6.07) is 0. The zero-order chi connectivity index (χ0) is 11.1. The quantitative estimate of drug-likeness (QED) is 0.403. The van der Waals surface area contributed by atoms with Gasteiger partial charge in [-0.1, -0.05) is 0 Å². The van der Waals surface area contributed by atoms with E-state index in [0.717, 1.165) is 0 Å². The summed E-state index contributed by atoms with van der Waals surface area (Å²) in [6.45, 7) is 3.28. The lowest BCUT2D eigenvalue weighted by atomic mass is 10.4. The first-order valence-corrected chi connectivity index (χ1v) is 4.73. The van der Waals surface area contributed by atoms with Crippen molar-refractivity contribution in [2.24, 2.45) is 0 Å². The van der Waals surface area contributed by atoms with E-state index in [1.807, 2.05) is 0 Å². The van der Waals surface area contributed by atoms with Crippen molar-refractivity contribution in [2.75, 3.05) is 19.0 Å². The summed E-state index contributed by atoms with van der Waals surface area (Å²) in [7, 11) is 0. The Bertz CT molecular complexity index is 210. The molecule has 0 aromatic rings. The SMILES string of the molecule is CCN(CC(O)OC(C)=O)C(=O)CCl. The van der Waals surface area contributed by atoms with E-state index in [1.54, 1.807) is 6.92 Å². The molecule has 0 saturated carbocycles. The van der Waals surface area contributed by atoms with Gasteiger partial charge in [-0.05, 0) is 6.92 Å². The van der Waals surface area contributed by atoms with Crippen molar-refractivity contribution in [1.29, 1.82) is 0 Å². The van der Waals surface area contributed by atoms with Crippen LogP contribution in [-0.2, 0) is 14.3 Å². The first-order chi connectivity index (χ1) is 6.51. The van der Waals surface area contributed by atoms with Gasteiger partial charge in [0.25, 0.3) is 0 Å². The molecule has 0 aromatic carbocycles. The van der Waals surface area contributed by atoms with Crippen LogP contribution in [0, 0.1) is 0 Å². The average molecular weight is 224 g/mol. The molecule has 0 aliphatic rings. The molecule has 1 unspecified atom stereocenters. The predicted molar refractivity (Wildman–Crippen MR) is 50.7 cm³/mol. The third-order valence-electron chi connectivity index (χ3n) is 1.53. The monoisotopic (exact) mass is 223 g/mol. The maximum Gasteiger partial charge on any atom is 0.304 e. The molecular formula is C8H14ClNO4. The Hall–Kier alpha value is -0.810. The molecule has 0 fully saturated rings. The summed E-state index contributed by atoms with van der Waals surface area (Å²) in [4.78, 5) is 22.9. The van der Waals surface area contributed by atoms with Crippen molar-refractivity contribution in [2.45, 2.75) is 20.1 Å². The Morgan fingerprint density at radius 2 is 2.14 bits per heavy atom. The van der Waals surface area contributed by atoms with Crippen LogP contribution in [0.1, 0.15) is 13.8 Å². The van der Waals surface area contributed by atoms with Crippen LogP contribution in [-0.4, -0.2) is 47.1 Å². The number of hydrogen-bond acceptors (Lipinski definition) is 4. The third-order valence-corrected chi connectivity index (χ3v) is 1.76. The van der Waals surface area contributed by atoms with E-state index in [4.69, 9.17) is 11.6 Å². The van der Waals surface area contributed by atoms with Gasteiger partial charge in [-0.15, -0.1) is 11.6 Å². The van der Waals surface area contributed by atoms with Gasteiger partial charge in [0.1, 0.15) is 5.88 Å². The van der Waals surface area contributed by atoms with Crippen molar-refractivity contribution in [3.8, 4) is 0 Å². The second kappa shape index (κ2) is 6.62. The van der Waals surface area contributed by atoms with Crippen LogP contribution in [0.15, 0.2) is 0 Å². The molecule has 0 aliphatic heterocycles. The standard InChI is InChI=1S/C8H14ClNO4/c1-3-10(7(12)4-9)5-8(13)14-6(2)11/h8,13H,3-5H2,1-2H3. The molecule has 14 heavy (non-hydrogen) atoms. The number of esters is 1. The summed E-state index contributed by atoms with van der Waals surface area (Å²) >= 11 is 5.33. The number of aliphatic hydroxyl groups excluding tert-OH is 1. The summed E-state index contributed by atoms with van der Waals surface area (Å²) in [5.41, 5.74) is 0. The summed E-state index contributed by atoms with van der Waals surface area (Å²) in [5.74, 6) is -1.05. The fourth-order valence-electron chi connectivity index (χ4n) is 0.909. The summed E-state index contributed by atoms with van der Waals surface area (Å²) in [5, 5.41) is 9.19. The van der Waals surface area contributed by atoms with Crippen molar-refractivity contribution in [3.05, 3.63) is 0 Å². The summed E-state index contributed by atoms with van der Waals surface area (Å²) in [6.07, 6.45) is -1.29. The molecular weight excluding hydrogens is 210 g/mol. The molecule has 0 spiro atoms. The zero-order valence-corrected chi connectivity index (χ0v) is 8.95. The Morgan fingerprint density at radius 3 is 2.50 bits per heavy atom. The Kier molecular flexibility index (Phi) is 6.23. The predicted octanol–water partition coefficient (Wildman–Crippen LogP) is -0.0448. The van der Waals surface area contributed by atoms with E-state index in [1.165, 1.54) is 11.8 Å². The van der Waals surface area contributed by atoms with Crippen molar-refractivity contribution in [1.82, 2.24) is 4.90 Å². The minimum Gasteiger partial charge on any atom is -0.434 e. The maximum absolute atomic E-state index is 11.1. The lowest BCUT2D eigenvalue weighted by Gasteiger charge is -2.22. The van der Waals surface area contributed by atoms with Gasteiger partial charge in [0.2, 0.25) is 12.2 Å². The highest BCUT2D eigenvalue weighted by Gasteiger charge is 2.16. The van der Waals surface area contributed by atoms with E-state index >= 15 is 0 Å². The Labute approximate surface area is 87.6 Å². The number of carbonyl (C=O) groups excluding carboxylic acids is 2. The van der Waals surface area contributed by atoms with Gasteiger partial charge in [-0.2, -0.15) is 0 Å². The van der Waals surface area contributed by atoms with E-state index < -0.39 is 12.3 Å². The van der Waals surface area contributed by atoms with Gasteiger partial charge in [-0.25, -0.2) is 0 Å². The number of hydrogen-bond donors (Lipinski definition) is 1. The maximum atomic E-state index is 11.1. The number of carbonyl (C=O) groups is 2. The van der Waals surface area contributed by atoms with Crippen LogP contribution in [0.5, 0.6) is 0 Å². The number of rotatable bonds is 5. The fourth-order valence-corrected chi connectivity index (χ4v) is 1.08. The van der Waals surface area contributed by atoms with Gasteiger partial charge in [0.15, 0.2) is 0 Å². The number of likely N-dealkylation sites (N-methyl/N-ethyl adjacent to an activating group) is 1. The molecule has 0 heterocycles. The molecule has 0 aliphatic carbocycles. The van der Waals surface area contributed by atoms with Gasteiger partial charge in [0, 0.05) is 13.5 Å². The molecule has 5 nitrogen and oxygen atoms in total. The minimum atomic E-state index is -1.29. The number of amides is 1. The van der Waals surface area contributed by atoms with Crippen molar-refractivity contribution < 1.29 is 19.4 Å². The molecule has 1 atom stereocenters. The Balaban J connectivity index is 4.04. The number of alkyl halides is 1. The van der Waals surface area contributed by atoms with Crippen molar-refractivity contribution >= 4 is 23.5 Å². The van der Waals surface area contributed by atoms with Gasteiger partial charge in [0.05, 0.1) is 6.54 Å². The third kappa shape index (κ3) is 5.04. The highest BCUT2D eigenvalue weighted by atomic mass is 35.5. The van der Waals surface area contributed by atoms with Crippen LogP contribution >= 0.6 is 11.6 Å². The van der Waals surface area contributed by atoms with Gasteiger partial charge < -0.3 is 14.7 Å². The van der Waals surface area contributed by atoms with E-state index in [9.17, 15) is 14.7 Å². The lowest BCUT2D eigenvalue weighted by molar-refractivity contribution is -0.169. The lowest BCUT2D eigenvalue weighted by Crippen LogP contribution is -2.39. The second-order valence-corrected chi connectivity index (χ2v) is 2.90. The van der Waals surface area contributed by atoms with E-state index in [0.29, 0.717) is 6.54 Å². The van der Waals surface area contributed by atoms with Gasteiger partial charge >= 0.3 is 5.97 Å². The largest absolute Gasteiger partial charge is 0.434 e. The Morgan fingerprint density at radius 1 is 1.57 bits per heavy atom. The number of nitrogens with zero attached hydrogens (tertiary/aromatic N) is 1.